The van der Waals surface area contributed by atoms with E-state index in [4.69, 9.17) is 10.5 Å². The summed E-state index contributed by atoms with van der Waals surface area (Å²) in [5.41, 5.74) is 5.13. The van der Waals surface area contributed by atoms with Crippen LogP contribution in [0.2, 0.25) is 0 Å². The Morgan fingerprint density at radius 2 is 2.00 bits per heavy atom. The summed E-state index contributed by atoms with van der Waals surface area (Å²) < 4.78 is 32.2. The molecule has 0 aliphatic heterocycles. The fraction of sp³-hybridized carbons (Fsp3) is 0.600. The number of anilines is 1. The molecule has 2 aliphatic carbocycles. The number of nitrogens with zero attached hydrogens (tertiary/aromatic N) is 2. The van der Waals surface area contributed by atoms with Gasteiger partial charge in [-0.1, -0.05) is 0 Å². The zero-order valence-electron chi connectivity index (χ0n) is 14.3. The predicted molar refractivity (Wildman–Crippen MR) is 93.6 cm³/mol. The van der Waals surface area contributed by atoms with Gasteiger partial charge in [0.15, 0.2) is 0 Å². The molecule has 9 nitrogen and oxygen atoms in total. The van der Waals surface area contributed by atoms with Crippen LogP contribution in [0.4, 0.5) is 5.00 Å². The first-order valence-corrected chi connectivity index (χ1v) is 10.5. The van der Waals surface area contributed by atoms with Crippen LogP contribution in [0.15, 0.2) is 10.3 Å². The summed E-state index contributed by atoms with van der Waals surface area (Å²) in [6, 6.07) is 1.03. The maximum Gasteiger partial charge on any atom is 0.254 e. The molecule has 2 fully saturated rings. The van der Waals surface area contributed by atoms with Crippen LogP contribution in [0.1, 0.15) is 36.0 Å². The number of hydrogen-bond acceptors (Lipinski definition) is 7. The van der Waals surface area contributed by atoms with E-state index >= 15 is 0 Å². The quantitative estimate of drug-likeness (QED) is 0.463. The number of amides is 2. The van der Waals surface area contributed by atoms with Crippen molar-refractivity contribution in [3.63, 3.8) is 0 Å². The first-order valence-electron chi connectivity index (χ1n) is 8.24. The Labute approximate surface area is 155 Å². The Kier molecular flexibility index (Phi) is 5.35. The van der Waals surface area contributed by atoms with Gasteiger partial charge in [0.1, 0.15) is 9.21 Å². The van der Waals surface area contributed by atoms with Crippen molar-refractivity contribution in [2.45, 2.75) is 35.9 Å². The molecule has 1 aromatic rings. The van der Waals surface area contributed by atoms with Gasteiger partial charge in [-0.05, 0) is 31.7 Å². The summed E-state index contributed by atoms with van der Waals surface area (Å²) in [6.45, 7) is 0.426. The Hall–Kier alpha value is -1.53. The lowest BCUT2D eigenvalue weighted by molar-refractivity contribution is -0.124. The number of thiophene rings is 1. The second kappa shape index (κ2) is 7.24. The molecule has 11 heteroatoms. The SMILES string of the molecule is COCCN(C1CC1)S(=O)(=O)c1cc(C(N)=O)c(N(O)C(=O)C2CC2)s1. The first-order chi connectivity index (χ1) is 12.3. The lowest BCUT2D eigenvalue weighted by Gasteiger charge is -2.20. The van der Waals surface area contributed by atoms with Crippen molar-refractivity contribution >= 4 is 38.2 Å². The lowest BCUT2D eigenvalue weighted by atomic mass is 10.3. The minimum Gasteiger partial charge on any atom is -0.383 e. The molecule has 0 saturated heterocycles. The average molecular weight is 403 g/mol. The van der Waals surface area contributed by atoms with Crippen molar-refractivity contribution in [3.8, 4) is 0 Å². The Morgan fingerprint density at radius 1 is 1.35 bits per heavy atom. The van der Waals surface area contributed by atoms with E-state index in [0.29, 0.717) is 29.2 Å². The number of carbonyl (C=O) groups is 2. The third-order valence-corrected chi connectivity index (χ3v) is 7.83. The maximum atomic E-state index is 13.0. The topological polar surface area (TPSA) is 130 Å². The van der Waals surface area contributed by atoms with Crippen LogP contribution in [-0.4, -0.2) is 56.0 Å². The van der Waals surface area contributed by atoms with Gasteiger partial charge in [-0.15, -0.1) is 11.3 Å². The van der Waals surface area contributed by atoms with E-state index < -0.39 is 21.8 Å². The van der Waals surface area contributed by atoms with Gasteiger partial charge in [-0.3, -0.25) is 14.8 Å². The summed E-state index contributed by atoms with van der Waals surface area (Å²) >= 11 is 0.667. The van der Waals surface area contributed by atoms with Crippen LogP contribution in [0.5, 0.6) is 0 Å². The number of carbonyl (C=O) groups excluding carboxylic acids is 2. The number of primary amides is 1. The van der Waals surface area contributed by atoms with E-state index in [9.17, 15) is 23.2 Å². The fourth-order valence-electron chi connectivity index (χ4n) is 2.58. The van der Waals surface area contributed by atoms with Crippen molar-refractivity contribution in [2.24, 2.45) is 11.7 Å². The Balaban J connectivity index is 1.95. The summed E-state index contributed by atoms with van der Waals surface area (Å²) in [4.78, 5) is 23.8. The van der Waals surface area contributed by atoms with Crippen LogP contribution in [0.25, 0.3) is 0 Å². The minimum absolute atomic E-state index is 0.101. The number of nitrogens with two attached hydrogens (primary N) is 1. The highest BCUT2D eigenvalue weighted by atomic mass is 32.2. The van der Waals surface area contributed by atoms with E-state index in [2.05, 4.69) is 0 Å². The highest BCUT2D eigenvalue weighted by molar-refractivity contribution is 7.91. The molecule has 2 amide bonds. The molecular formula is C15H21N3O6S2. The number of sulfonamides is 1. The molecule has 144 valence electrons. The molecule has 0 aromatic carbocycles. The lowest BCUT2D eigenvalue weighted by Crippen LogP contribution is -2.35. The number of rotatable bonds is 9. The van der Waals surface area contributed by atoms with Crippen molar-refractivity contribution < 1.29 is 28.0 Å². The molecule has 1 heterocycles. The molecule has 2 saturated carbocycles. The summed E-state index contributed by atoms with van der Waals surface area (Å²) in [6.07, 6.45) is 2.84. The van der Waals surface area contributed by atoms with Crippen molar-refractivity contribution in [1.29, 1.82) is 0 Å². The fourth-order valence-corrected chi connectivity index (χ4v) is 5.76. The van der Waals surface area contributed by atoms with Gasteiger partial charge in [-0.2, -0.15) is 9.37 Å². The van der Waals surface area contributed by atoms with E-state index in [-0.39, 0.29) is 39.9 Å². The normalized spacial score (nSPS) is 17.5. The monoisotopic (exact) mass is 403 g/mol. The minimum atomic E-state index is -3.89. The van der Waals surface area contributed by atoms with Gasteiger partial charge in [0.05, 0.1) is 12.2 Å². The molecule has 3 rings (SSSR count). The zero-order valence-corrected chi connectivity index (χ0v) is 15.9. The molecular weight excluding hydrogens is 382 g/mol. The maximum absolute atomic E-state index is 13.0. The summed E-state index contributed by atoms with van der Waals surface area (Å²) in [5, 5.41) is 10.4. The van der Waals surface area contributed by atoms with Gasteiger partial charge in [0.25, 0.3) is 21.8 Å². The predicted octanol–water partition coefficient (Wildman–Crippen LogP) is 0.779. The molecule has 0 unspecified atom stereocenters. The zero-order chi connectivity index (χ0) is 19.1. The average Bonchev–Trinajstić information content (AvgIpc) is 3.51. The summed E-state index contributed by atoms with van der Waals surface area (Å²) in [7, 11) is -2.41. The van der Waals surface area contributed by atoms with E-state index in [1.54, 1.807) is 0 Å². The molecule has 0 atom stereocenters. The molecule has 0 spiro atoms. The molecule has 1 aromatic heterocycles. The van der Waals surface area contributed by atoms with Crippen LogP contribution in [-0.2, 0) is 19.6 Å². The van der Waals surface area contributed by atoms with Crippen LogP contribution in [0, 0.1) is 5.92 Å². The Bertz CT molecular complexity index is 813. The molecule has 0 radical (unpaired) electrons. The van der Waals surface area contributed by atoms with Crippen LogP contribution in [0.3, 0.4) is 0 Å². The second-order valence-electron chi connectivity index (χ2n) is 6.41. The van der Waals surface area contributed by atoms with Gasteiger partial charge in [-0.25, -0.2) is 8.42 Å². The van der Waals surface area contributed by atoms with E-state index in [1.165, 1.54) is 11.4 Å². The second-order valence-corrected chi connectivity index (χ2v) is 9.56. The third-order valence-electron chi connectivity index (χ3n) is 4.32. The van der Waals surface area contributed by atoms with Gasteiger partial charge >= 0.3 is 0 Å². The standard InChI is InChI=1S/C15H21N3O6S2/c1-24-7-6-17(10-4-5-10)26(22,23)12-8-11(13(16)19)15(25-12)18(21)14(20)9-2-3-9/h8-10,21H,2-7H2,1H3,(H2,16,19). The van der Waals surface area contributed by atoms with Crippen molar-refractivity contribution in [2.75, 3.05) is 25.3 Å². The molecule has 0 bridgehead atoms. The van der Waals surface area contributed by atoms with Crippen molar-refractivity contribution in [3.05, 3.63) is 11.6 Å². The molecule has 26 heavy (non-hydrogen) atoms. The van der Waals surface area contributed by atoms with E-state index in [1.807, 2.05) is 0 Å². The smallest absolute Gasteiger partial charge is 0.254 e. The number of hydrogen-bond donors (Lipinski definition) is 2. The number of methoxy groups -OCH3 is 1. The highest BCUT2D eigenvalue weighted by Crippen LogP contribution is 2.40. The number of hydroxylamine groups is 1. The highest BCUT2D eigenvalue weighted by Gasteiger charge is 2.41. The molecule has 2 aliphatic rings. The van der Waals surface area contributed by atoms with Gasteiger partial charge in [0, 0.05) is 25.6 Å². The van der Waals surface area contributed by atoms with Crippen LogP contribution >= 0.6 is 11.3 Å². The third kappa shape index (κ3) is 3.76. The van der Waals surface area contributed by atoms with Gasteiger partial charge in [0.2, 0.25) is 0 Å². The number of ether oxygens (including phenoxy) is 1. The van der Waals surface area contributed by atoms with E-state index in [0.717, 1.165) is 18.9 Å². The van der Waals surface area contributed by atoms with Gasteiger partial charge < -0.3 is 10.5 Å². The largest absolute Gasteiger partial charge is 0.383 e. The van der Waals surface area contributed by atoms with Crippen LogP contribution < -0.4 is 10.8 Å². The summed E-state index contributed by atoms with van der Waals surface area (Å²) in [5.74, 6) is -1.76. The van der Waals surface area contributed by atoms with Crippen molar-refractivity contribution in [1.82, 2.24) is 4.31 Å². The first kappa shape index (κ1) is 19.2. The Morgan fingerprint density at radius 3 is 2.50 bits per heavy atom. The molecule has 3 N–H and O–H groups in total.